The molecular formula is C13H18BrNO4. The summed E-state index contributed by atoms with van der Waals surface area (Å²) in [7, 11) is 3.12. The van der Waals surface area contributed by atoms with E-state index < -0.39 is 0 Å². The molecule has 0 radical (unpaired) electrons. The van der Waals surface area contributed by atoms with Crippen LogP contribution in [0.1, 0.15) is 6.92 Å². The quantitative estimate of drug-likeness (QED) is 0.613. The lowest BCUT2D eigenvalue weighted by Gasteiger charge is -2.14. The Morgan fingerprint density at radius 2 is 2.00 bits per heavy atom. The number of carbonyl (C=O) groups excluding carboxylic acids is 1. The topological polar surface area (TPSA) is 56.8 Å². The molecular weight excluding hydrogens is 314 g/mol. The molecule has 19 heavy (non-hydrogen) atoms. The number of ether oxygens (including phenoxy) is 3. The van der Waals surface area contributed by atoms with Crippen molar-refractivity contribution in [3.63, 3.8) is 0 Å². The van der Waals surface area contributed by atoms with E-state index in [1.165, 1.54) is 0 Å². The summed E-state index contributed by atoms with van der Waals surface area (Å²) in [6.45, 7) is 2.55. The summed E-state index contributed by atoms with van der Waals surface area (Å²) >= 11 is 3.19. The van der Waals surface area contributed by atoms with Crippen LogP contribution in [0.25, 0.3) is 0 Å². The lowest BCUT2D eigenvalue weighted by Crippen LogP contribution is -2.32. The highest BCUT2D eigenvalue weighted by atomic mass is 79.9. The third-order valence-electron chi connectivity index (χ3n) is 2.39. The van der Waals surface area contributed by atoms with Gasteiger partial charge in [-0.2, -0.15) is 0 Å². The van der Waals surface area contributed by atoms with Crippen LogP contribution in [-0.2, 0) is 4.79 Å². The van der Waals surface area contributed by atoms with Gasteiger partial charge in [0.25, 0.3) is 0 Å². The van der Waals surface area contributed by atoms with E-state index in [9.17, 15) is 4.79 Å². The summed E-state index contributed by atoms with van der Waals surface area (Å²) < 4.78 is 16.0. The number of amides is 1. The Balaban J connectivity index is 2.51. The molecule has 0 aliphatic rings. The fourth-order valence-electron chi connectivity index (χ4n) is 1.45. The fourth-order valence-corrected chi connectivity index (χ4v) is 1.61. The van der Waals surface area contributed by atoms with Gasteiger partial charge in [0.2, 0.25) is 11.7 Å². The standard InChI is InChI=1S/C13H18BrNO4/c1-9(14)13(16)15-7-8-19-11-6-4-5-10(17-2)12(11)18-3/h4-6,9H,7-8H2,1-3H3,(H,15,16). The number of benzene rings is 1. The summed E-state index contributed by atoms with van der Waals surface area (Å²) in [6.07, 6.45) is 0. The van der Waals surface area contributed by atoms with Gasteiger partial charge >= 0.3 is 0 Å². The lowest BCUT2D eigenvalue weighted by atomic mass is 10.3. The molecule has 106 valence electrons. The molecule has 1 N–H and O–H groups in total. The average molecular weight is 332 g/mol. The third-order valence-corrected chi connectivity index (χ3v) is 2.80. The van der Waals surface area contributed by atoms with Crippen LogP contribution in [0.4, 0.5) is 0 Å². The van der Waals surface area contributed by atoms with Crippen molar-refractivity contribution >= 4 is 21.8 Å². The molecule has 0 bridgehead atoms. The molecule has 1 rings (SSSR count). The molecule has 0 aliphatic heterocycles. The number of carbonyl (C=O) groups is 1. The number of para-hydroxylation sites is 1. The molecule has 0 fully saturated rings. The Labute approximate surface area is 121 Å². The predicted octanol–water partition coefficient (Wildman–Crippen LogP) is 1.98. The number of methoxy groups -OCH3 is 2. The van der Waals surface area contributed by atoms with Crippen molar-refractivity contribution in [2.24, 2.45) is 0 Å². The molecule has 6 heteroatoms. The smallest absolute Gasteiger partial charge is 0.233 e. The first kappa shape index (κ1) is 15.6. The van der Waals surface area contributed by atoms with Crippen LogP contribution < -0.4 is 19.5 Å². The molecule has 5 nitrogen and oxygen atoms in total. The van der Waals surface area contributed by atoms with Gasteiger partial charge in [-0.15, -0.1) is 0 Å². The summed E-state index contributed by atoms with van der Waals surface area (Å²) in [5.74, 6) is 1.67. The van der Waals surface area contributed by atoms with Gasteiger partial charge in [-0.1, -0.05) is 22.0 Å². The number of rotatable bonds is 7. The number of hydrogen-bond donors (Lipinski definition) is 1. The zero-order valence-corrected chi connectivity index (χ0v) is 12.8. The van der Waals surface area contributed by atoms with Crippen LogP contribution >= 0.6 is 15.9 Å². The van der Waals surface area contributed by atoms with Gasteiger partial charge < -0.3 is 19.5 Å². The number of hydrogen-bond acceptors (Lipinski definition) is 4. The van der Waals surface area contributed by atoms with Crippen LogP contribution in [0.3, 0.4) is 0 Å². The Hall–Kier alpha value is -1.43. The molecule has 0 aromatic heterocycles. The molecule has 1 aromatic carbocycles. The minimum atomic E-state index is -0.209. The second-order valence-electron chi connectivity index (χ2n) is 3.75. The highest BCUT2D eigenvalue weighted by Crippen LogP contribution is 2.36. The maximum Gasteiger partial charge on any atom is 0.233 e. The Morgan fingerprint density at radius 3 is 2.58 bits per heavy atom. The van der Waals surface area contributed by atoms with Crippen LogP contribution in [0.2, 0.25) is 0 Å². The van der Waals surface area contributed by atoms with Gasteiger partial charge in [-0.25, -0.2) is 0 Å². The van der Waals surface area contributed by atoms with Gasteiger partial charge in [-0.3, -0.25) is 4.79 Å². The largest absolute Gasteiger partial charge is 0.493 e. The SMILES string of the molecule is COc1cccc(OCCNC(=O)C(C)Br)c1OC. The van der Waals surface area contributed by atoms with Gasteiger partial charge in [0.1, 0.15) is 6.61 Å². The Bertz CT molecular complexity index is 423. The normalized spacial score (nSPS) is 11.6. The van der Waals surface area contributed by atoms with Crippen LogP contribution in [0.5, 0.6) is 17.2 Å². The maximum absolute atomic E-state index is 11.3. The van der Waals surface area contributed by atoms with Crippen molar-refractivity contribution in [2.45, 2.75) is 11.8 Å². The van der Waals surface area contributed by atoms with E-state index in [1.807, 2.05) is 6.07 Å². The fraction of sp³-hybridized carbons (Fsp3) is 0.462. The zero-order valence-electron chi connectivity index (χ0n) is 11.2. The summed E-state index contributed by atoms with van der Waals surface area (Å²) in [5, 5.41) is 2.74. The van der Waals surface area contributed by atoms with Crippen molar-refractivity contribution in [3.05, 3.63) is 18.2 Å². The first-order valence-electron chi connectivity index (χ1n) is 5.85. The van der Waals surface area contributed by atoms with Crippen LogP contribution in [-0.4, -0.2) is 38.1 Å². The summed E-state index contributed by atoms with van der Waals surface area (Å²) in [4.78, 5) is 11.1. The molecule has 1 aromatic rings. The first-order valence-corrected chi connectivity index (χ1v) is 6.77. The molecule has 0 saturated carbocycles. The van der Waals surface area contributed by atoms with Crippen LogP contribution in [0.15, 0.2) is 18.2 Å². The van der Waals surface area contributed by atoms with Gasteiger partial charge in [0.05, 0.1) is 25.6 Å². The summed E-state index contributed by atoms with van der Waals surface area (Å²) in [5.41, 5.74) is 0. The number of nitrogens with one attached hydrogen (secondary N) is 1. The molecule has 0 spiro atoms. The Kier molecular flexibility index (Phi) is 6.49. The van der Waals surface area contributed by atoms with E-state index in [4.69, 9.17) is 14.2 Å². The predicted molar refractivity (Wildman–Crippen MR) is 76.4 cm³/mol. The van der Waals surface area contributed by atoms with Crippen molar-refractivity contribution < 1.29 is 19.0 Å². The van der Waals surface area contributed by atoms with Crippen molar-refractivity contribution in [1.29, 1.82) is 0 Å². The molecule has 0 aliphatic carbocycles. The van der Waals surface area contributed by atoms with E-state index in [0.29, 0.717) is 30.4 Å². The lowest BCUT2D eigenvalue weighted by molar-refractivity contribution is -0.120. The highest BCUT2D eigenvalue weighted by Gasteiger charge is 2.11. The minimum absolute atomic E-state index is 0.0683. The van der Waals surface area contributed by atoms with E-state index in [1.54, 1.807) is 33.3 Å². The Morgan fingerprint density at radius 1 is 1.32 bits per heavy atom. The van der Waals surface area contributed by atoms with Crippen molar-refractivity contribution in [2.75, 3.05) is 27.4 Å². The molecule has 1 amide bonds. The number of halogens is 1. The van der Waals surface area contributed by atoms with Crippen LogP contribution in [0, 0.1) is 0 Å². The minimum Gasteiger partial charge on any atom is -0.493 e. The van der Waals surface area contributed by atoms with Gasteiger partial charge in [0, 0.05) is 0 Å². The molecule has 0 heterocycles. The second kappa shape index (κ2) is 7.89. The number of alkyl halides is 1. The van der Waals surface area contributed by atoms with E-state index >= 15 is 0 Å². The highest BCUT2D eigenvalue weighted by molar-refractivity contribution is 9.10. The van der Waals surface area contributed by atoms with E-state index in [2.05, 4.69) is 21.2 Å². The van der Waals surface area contributed by atoms with Crippen molar-refractivity contribution in [3.8, 4) is 17.2 Å². The summed E-state index contributed by atoms with van der Waals surface area (Å²) in [6, 6.07) is 5.39. The maximum atomic E-state index is 11.3. The second-order valence-corrected chi connectivity index (χ2v) is 5.12. The van der Waals surface area contributed by atoms with Crippen molar-refractivity contribution in [1.82, 2.24) is 5.32 Å². The van der Waals surface area contributed by atoms with E-state index in [-0.39, 0.29) is 10.7 Å². The van der Waals surface area contributed by atoms with Gasteiger partial charge in [-0.05, 0) is 19.1 Å². The monoisotopic (exact) mass is 331 g/mol. The molecule has 1 atom stereocenters. The first-order chi connectivity index (χ1) is 9.10. The third kappa shape index (κ3) is 4.63. The van der Waals surface area contributed by atoms with E-state index in [0.717, 1.165) is 0 Å². The zero-order chi connectivity index (χ0) is 14.3. The van der Waals surface area contributed by atoms with Gasteiger partial charge in [0.15, 0.2) is 11.5 Å². The molecule has 0 saturated heterocycles. The average Bonchev–Trinajstić information content (AvgIpc) is 2.42. The molecule has 1 unspecified atom stereocenters.